The van der Waals surface area contributed by atoms with Gasteiger partial charge in [0.2, 0.25) is 12.1 Å². The van der Waals surface area contributed by atoms with E-state index in [1.807, 2.05) is 0 Å². The van der Waals surface area contributed by atoms with Crippen LogP contribution in [0.3, 0.4) is 0 Å². The van der Waals surface area contributed by atoms with E-state index in [0.29, 0.717) is 6.42 Å². The van der Waals surface area contributed by atoms with Crippen LogP contribution in [0.2, 0.25) is 0 Å². The molecule has 0 radical (unpaired) electrons. The molecule has 2 aliphatic heterocycles. The second-order valence-electron chi connectivity index (χ2n) is 12.0. The van der Waals surface area contributed by atoms with Crippen molar-refractivity contribution in [3.8, 4) is 0 Å². The number of hydrogen-bond donors (Lipinski definition) is 4. The normalized spacial score (nSPS) is 32.8. The van der Waals surface area contributed by atoms with Gasteiger partial charge in [0.05, 0.1) is 19.1 Å². The van der Waals surface area contributed by atoms with E-state index < -0.39 is 104 Å². The largest absolute Gasteiger partial charge is 0.455 e. The third kappa shape index (κ3) is 9.55. The van der Waals surface area contributed by atoms with Gasteiger partial charge < -0.3 is 53.6 Å². The Morgan fingerprint density at radius 1 is 0.795 bits per heavy atom. The Kier molecular flexibility index (Phi) is 14.4. The highest BCUT2D eigenvalue weighted by Gasteiger charge is 2.62. The van der Waals surface area contributed by atoms with Crippen molar-refractivity contribution in [2.24, 2.45) is 17.8 Å². The summed E-state index contributed by atoms with van der Waals surface area (Å²) in [6, 6.07) is 0. The molecule has 1 unspecified atom stereocenters. The van der Waals surface area contributed by atoms with Gasteiger partial charge in [-0.2, -0.15) is 0 Å². The molecule has 2 rings (SSSR count). The molecule has 0 bridgehead atoms. The van der Waals surface area contributed by atoms with Crippen LogP contribution in [0.25, 0.3) is 0 Å². The average molecular weight is 637 g/mol. The molecule has 0 aromatic rings. The molecule has 0 aromatic heterocycles. The quantitative estimate of drug-likeness (QED) is 0.137. The molecule has 10 atom stereocenters. The molecular formula is C29H48O15. The van der Waals surface area contributed by atoms with Crippen LogP contribution in [0.4, 0.5) is 0 Å². The van der Waals surface area contributed by atoms with Crippen molar-refractivity contribution in [2.75, 3.05) is 19.8 Å². The fourth-order valence-electron chi connectivity index (χ4n) is 4.80. The SMILES string of the molecule is CCC(C)C(=O)O[C@@H]1[C@@H](OC(C)=O)[C@@H](O[C@]2(CO)O[C@H](CO)[C@@H](O)[C@@H]2OC(=O)CC(C)C)O[C@H](CO)[C@H]1OC(=O)CC(C)C. The maximum Gasteiger partial charge on any atom is 0.309 e. The van der Waals surface area contributed by atoms with Gasteiger partial charge in [-0.1, -0.05) is 41.5 Å². The summed E-state index contributed by atoms with van der Waals surface area (Å²) in [5, 5.41) is 41.4. The van der Waals surface area contributed by atoms with Crippen molar-refractivity contribution in [2.45, 2.75) is 123 Å². The second kappa shape index (κ2) is 16.8. The van der Waals surface area contributed by atoms with Gasteiger partial charge in [-0.05, 0) is 18.3 Å². The maximum absolute atomic E-state index is 13.0. The maximum atomic E-state index is 13.0. The van der Waals surface area contributed by atoms with Gasteiger partial charge >= 0.3 is 23.9 Å². The fraction of sp³-hybridized carbons (Fsp3) is 0.862. The number of esters is 4. The highest BCUT2D eigenvalue weighted by atomic mass is 16.8. The molecule has 0 aliphatic carbocycles. The van der Waals surface area contributed by atoms with E-state index in [0.717, 1.165) is 6.92 Å². The Hall–Kier alpha value is -2.40. The van der Waals surface area contributed by atoms with Gasteiger partial charge in [0.1, 0.15) is 24.9 Å². The van der Waals surface area contributed by atoms with Gasteiger partial charge in [0, 0.05) is 19.8 Å². The van der Waals surface area contributed by atoms with E-state index >= 15 is 0 Å². The number of ether oxygens (including phenoxy) is 7. The average Bonchev–Trinajstić information content (AvgIpc) is 3.20. The van der Waals surface area contributed by atoms with E-state index in [2.05, 4.69) is 0 Å². The van der Waals surface area contributed by atoms with E-state index in [4.69, 9.17) is 33.2 Å². The summed E-state index contributed by atoms with van der Waals surface area (Å²) in [6.45, 7) is 8.87. The topological polar surface area (TPSA) is 214 Å². The minimum atomic E-state index is -2.38. The van der Waals surface area contributed by atoms with Crippen molar-refractivity contribution in [3.63, 3.8) is 0 Å². The standard InChI is InChI=1S/C29H48O15/c1-8-16(6)27(37)42-24-23(40-20(34)9-14(2)3)19(12-31)39-28(25(24)38-17(7)33)44-29(13-32)26(22(36)18(11-30)43-29)41-21(35)10-15(4)5/h14-16,18-19,22-26,28,30-32,36H,8-13H2,1-7H3/t16?,18-,19-,22-,23-,24+,25-,26+,28-,29+/m1/s1. The molecule has 254 valence electrons. The summed E-state index contributed by atoms with van der Waals surface area (Å²) < 4.78 is 39.8. The Bertz CT molecular complexity index is 970. The molecule has 15 heteroatoms. The summed E-state index contributed by atoms with van der Waals surface area (Å²) in [4.78, 5) is 50.6. The van der Waals surface area contributed by atoms with Crippen molar-refractivity contribution in [1.29, 1.82) is 0 Å². The number of carbonyl (C=O) groups is 4. The van der Waals surface area contributed by atoms with Crippen molar-refractivity contribution < 1.29 is 72.8 Å². The summed E-state index contributed by atoms with van der Waals surface area (Å²) >= 11 is 0. The van der Waals surface area contributed by atoms with Crippen molar-refractivity contribution in [1.82, 2.24) is 0 Å². The minimum Gasteiger partial charge on any atom is -0.455 e. The molecule has 2 heterocycles. The van der Waals surface area contributed by atoms with Gasteiger partial charge in [0.15, 0.2) is 24.4 Å². The third-order valence-corrected chi connectivity index (χ3v) is 7.21. The van der Waals surface area contributed by atoms with Gasteiger partial charge in [-0.25, -0.2) is 0 Å². The van der Waals surface area contributed by atoms with Crippen molar-refractivity contribution in [3.05, 3.63) is 0 Å². The number of carbonyl (C=O) groups excluding carboxylic acids is 4. The summed E-state index contributed by atoms with van der Waals surface area (Å²) in [7, 11) is 0. The van der Waals surface area contributed by atoms with Crippen LogP contribution in [0.5, 0.6) is 0 Å². The van der Waals surface area contributed by atoms with Crippen LogP contribution in [0.15, 0.2) is 0 Å². The van der Waals surface area contributed by atoms with Crippen LogP contribution in [0, 0.1) is 17.8 Å². The lowest BCUT2D eigenvalue weighted by molar-refractivity contribution is -0.384. The third-order valence-electron chi connectivity index (χ3n) is 7.21. The van der Waals surface area contributed by atoms with E-state index in [1.165, 1.54) is 0 Å². The molecule has 0 saturated carbocycles. The summed E-state index contributed by atoms with van der Waals surface area (Å²) in [5.41, 5.74) is 0. The molecule has 15 nitrogen and oxygen atoms in total. The predicted octanol–water partition coefficient (Wildman–Crippen LogP) is -0.0338. The first-order chi connectivity index (χ1) is 20.6. The first-order valence-corrected chi connectivity index (χ1v) is 14.9. The molecule has 2 fully saturated rings. The van der Waals surface area contributed by atoms with Crippen LogP contribution in [-0.4, -0.2) is 119 Å². The lowest BCUT2D eigenvalue weighted by atomic mass is 9.97. The first kappa shape index (κ1) is 37.8. The number of rotatable bonds is 15. The highest BCUT2D eigenvalue weighted by Crippen LogP contribution is 2.39. The van der Waals surface area contributed by atoms with Crippen LogP contribution >= 0.6 is 0 Å². The molecular weight excluding hydrogens is 588 g/mol. The lowest BCUT2D eigenvalue weighted by Gasteiger charge is -2.46. The Balaban J connectivity index is 2.59. The number of aliphatic hydroxyl groups is 4. The molecule has 2 saturated heterocycles. The van der Waals surface area contributed by atoms with Crippen LogP contribution in [-0.2, 0) is 52.3 Å². The molecule has 0 amide bonds. The zero-order chi connectivity index (χ0) is 33.4. The molecule has 0 spiro atoms. The summed E-state index contributed by atoms with van der Waals surface area (Å²) in [6.07, 6.45) is -12.4. The highest BCUT2D eigenvalue weighted by molar-refractivity contribution is 5.73. The smallest absolute Gasteiger partial charge is 0.309 e. The van der Waals surface area contributed by atoms with Gasteiger partial charge in [-0.15, -0.1) is 0 Å². The summed E-state index contributed by atoms with van der Waals surface area (Å²) in [5.74, 6) is -6.32. The number of hydrogen-bond acceptors (Lipinski definition) is 15. The molecule has 0 aromatic carbocycles. The molecule has 4 N–H and O–H groups in total. The predicted molar refractivity (Wildman–Crippen MR) is 148 cm³/mol. The zero-order valence-electron chi connectivity index (χ0n) is 26.4. The van der Waals surface area contributed by atoms with Gasteiger partial charge in [-0.3, -0.25) is 19.2 Å². The molecule has 44 heavy (non-hydrogen) atoms. The first-order valence-electron chi connectivity index (χ1n) is 14.9. The second-order valence-corrected chi connectivity index (χ2v) is 12.0. The van der Waals surface area contributed by atoms with Gasteiger partial charge in [0.25, 0.3) is 0 Å². The van der Waals surface area contributed by atoms with Crippen LogP contribution < -0.4 is 0 Å². The van der Waals surface area contributed by atoms with E-state index in [1.54, 1.807) is 41.5 Å². The van der Waals surface area contributed by atoms with E-state index in [9.17, 15) is 39.6 Å². The fourth-order valence-corrected chi connectivity index (χ4v) is 4.80. The minimum absolute atomic E-state index is 0.0236. The monoisotopic (exact) mass is 636 g/mol. The number of aliphatic hydroxyl groups excluding tert-OH is 4. The van der Waals surface area contributed by atoms with Crippen molar-refractivity contribution >= 4 is 23.9 Å². The lowest BCUT2D eigenvalue weighted by Crippen LogP contribution is -2.65. The Morgan fingerprint density at radius 3 is 1.84 bits per heavy atom. The Morgan fingerprint density at radius 2 is 1.36 bits per heavy atom. The van der Waals surface area contributed by atoms with E-state index in [-0.39, 0.29) is 24.7 Å². The van der Waals surface area contributed by atoms with Crippen LogP contribution in [0.1, 0.15) is 67.7 Å². The zero-order valence-corrected chi connectivity index (χ0v) is 26.4. The Labute approximate surface area is 257 Å². The molecule has 2 aliphatic rings.